The maximum atomic E-state index is 12.5. The van der Waals surface area contributed by atoms with Gasteiger partial charge in [0.05, 0.1) is 4.90 Å². The lowest BCUT2D eigenvalue weighted by Crippen LogP contribution is -2.29. The van der Waals surface area contributed by atoms with Gasteiger partial charge in [-0.2, -0.15) is 4.31 Å². The molecular weight excluding hydrogens is 316 g/mol. The van der Waals surface area contributed by atoms with Gasteiger partial charge in [0.15, 0.2) is 6.61 Å². The van der Waals surface area contributed by atoms with Gasteiger partial charge in [-0.05, 0) is 49.9 Å². The molecule has 1 saturated heterocycles. The normalized spacial score (nSPS) is 15.6. The van der Waals surface area contributed by atoms with Crippen LogP contribution in [-0.4, -0.2) is 44.9 Å². The fraction of sp³-hybridized carbons (Fsp3) is 0.562. The molecule has 0 aromatic heterocycles. The maximum Gasteiger partial charge on any atom is 0.257 e. The summed E-state index contributed by atoms with van der Waals surface area (Å²) in [5, 5.41) is 2.73. The monoisotopic (exact) mass is 340 g/mol. The van der Waals surface area contributed by atoms with E-state index in [-0.39, 0.29) is 17.4 Å². The Morgan fingerprint density at radius 2 is 2.00 bits per heavy atom. The Hall–Kier alpha value is -1.60. The molecular formula is C16H24N2O4S. The molecule has 0 spiro atoms. The Balaban J connectivity index is 2.04. The smallest absolute Gasteiger partial charge is 0.257 e. The van der Waals surface area contributed by atoms with Crippen molar-refractivity contribution >= 4 is 15.9 Å². The van der Waals surface area contributed by atoms with E-state index in [1.54, 1.807) is 25.1 Å². The van der Waals surface area contributed by atoms with Crippen LogP contribution in [0.1, 0.15) is 31.7 Å². The van der Waals surface area contributed by atoms with E-state index in [9.17, 15) is 13.2 Å². The summed E-state index contributed by atoms with van der Waals surface area (Å²) in [5.74, 6) is 0.344. The number of amides is 1. The molecule has 0 saturated carbocycles. The predicted molar refractivity (Wildman–Crippen MR) is 88.0 cm³/mol. The summed E-state index contributed by atoms with van der Waals surface area (Å²) in [5.41, 5.74) is 0.702. The summed E-state index contributed by atoms with van der Waals surface area (Å²) < 4.78 is 32.0. The van der Waals surface area contributed by atoms with Crippen LogP contribution in [0.3, 0.4) is 0 Å². The molecule has 0 unspecified atom stereocenters. The number of hydrogen-bond acceptors (Lipinski definition) is 4. The number of aryl methyl sites for hydroxylation is 1. The molecule has 1 fully saturated rings. The number of sulfonamides is 1. The Kier molecular flexibility index (Phi) is 6.01. The second kappa shape index (κ2) is 7.79. The number of carbonyl (C=O) groups excluding carboxylic acids is 1. The topological polar surface area (TPSA) is 75.7 Å². The molecule has 128 valence electrons. The fourth-order valence-electron chi connectivity index (χ4n) is 2.48. The Morgan fingerprint density at radius 3 is 2.61 bits per heavy atom. The summed E-state index contributed by atoms with van der Waals surface area (Å²) in [6.45, 7) is 5.47. The molecule has 0 atom stereocenters. The lowest BCUT2D eigenvalue weighted by atomic mass is 10.2. The molecule has 1 amide bonds. The van der Waals surface area contributed by atoms with Gasteiger partial charge in [0, 0.05) is 19.6 Å². The zero-order valence-electron chi connectivity index (χ0n) is 13.7. The molecule has 1 aromatic rings. The third-order valence-corrected chi connectivity index (χ3v) is 5.67. The van der Waals surface area contributed by atoms with Crippen molar-refractivity contribution in [3.8, 4) is 5.75 Å². The zero-order chi connectivity index (χ0) is 16.9. The SMILES string of the molecule is CCCNC(=O)COc1ccc(S(=O)(=O)N2CCCC2)cc1C. The van der Waals surface area contributed by atoms with E-state index in [4.69, 9.17) is 4.74 Å². The Bertz CT molecular complexity index is 652. The first-order chi connectivity index (χ1) is 10.9. The van der Waals surface area contributed by atoms with Gasteiger partial charge in [-0.3, -0.25) is 4.79 Å². The maximum absolute atomic E-state index is 12.5. The van der Waals surface area contributed by atoms with E-state index in [1.807, 2.05) is 6.92 Å². The molecule has 0 radical (unpaired) electrons. The number of ether oxygens (including phenoxy) is 1. The number of carbonyl (C=O) groups is 1. The van der Waals surface area contributed by atoms with Crippen LogP contribution in [0.2, 0.25) is 0 Å². The average Bonchev–Trinajstić information content (AvgIpc) is 3.06. The van der Waals surface area contributed by atoms with Gasteiger partial charge in [-0.1, -0.05) is 6.92 Å². The molecule has 1 aromatic carbocycles. The second-order valence-electron chi connectivity index (χ2n) is 5.68. The standard InChI is InChI=1S/C16H24N2O4S/c1-3-8-17-16(19)12-22-15-7-6-14(11-13(15)2)23(20,21)18-9-4-5-10-18/h6-7,11H,3-5,8-10,12H2,1-2H3,(H,17,19). The van der Waals surface area contributed by atoms with Crippen LogP contribution in [-0.2, 0) is 14.8 Å². The molecule has 0 aliphatic carbocycles. The lowest BCUT2D eigenvalue weighted by molar-refractivity contribution is -0.123. The van der Waals surface area contributed by atoms with E-state index < -0.39 is 10.0 Å². The number of rotatable bonds is 7. The van der Waals surface area contributed by atoms with E-state index in [0.717, 1.165) is 19.3 Å². The molecule has 0 bridgehead atoms. The fourth-order valence-corrected chi connectivity index (χ4v) is 4.08. The first kappa shape index (κ1) is 17.7. The second-order valence-corrected chi connectivity index (χ2v) is 7.62. The highest BCUT2D eigenvalue weighted by Crippen LogP contribution is 2.26. The van der Waals surface area contributed by atoms with Crippen LogP contribution in [0.5, 0.6) is 5.75 Å². The number of hydrogen-bond donors (Lipinski definition) is 1. The van der Waals surface area contributed by atoms with Crippen LogP contribution in [0.15, 0.2) is 23.1 Å². The van der Waals surface area contributed by atoms with Crippen molar-refractivity contribution in [1.82, 2.24) is 9.62 Å². The predicted octanol–water partition coefficient (Wildman–Crippen LogP) is 1.68. The number of nitrogens with one attached hydrogen (secondary N) is 1. The van der Waals surface area contributed by atoms with Crippen LogP contribution in [0.4, 0.5) is 0 Å². The first-order valence-corrected chi connectivity index (χ1v) is 9.39. The highest BCUT2D eigenvalue weighted by Gasteiger charge is 2.27. The van der Waals surface area contributed by atoms with Gasteiger partial charge in [0.2, 0.25) is 10.0 Å². The summed E-state index contributed by atoms with van der Waals surface area (Å²) in [7, 11) is -3.42. The molecule has 7 heteroatoms. The molecule has 6 nitrogen and oxygen atoms in total. The lowest BCUT2D eigenvalue weighted by Gasteiger charge is -2.17. The van der Waals surface area contributed by atoms with Crippen molar-refractivity contribution in [2.24, 2.45) is 0 Å². The van der Waals surface area contributed by atoms with Crippen molar-refractivity contribution in [1.29, 1.82) is 0 Å². The van der Waals surface area contributed by atoms with E-state index in [2.05, 4.69) is 5.32 Å². The largest absolute Gasteiger partial charge is 0.484 e. The van der Waals surface area contributed by atoms with E-state index in [1.165, 1.54) is 4.31 Å². The molecule has 1 heterocycles. The van der Waals surface area contributed by atoms with Crippen molar-refractivity contribution in [3.05, 3.63) is 23.8 Å². The minimum atomic E-state index is -3.42. The third-order valence-electron chi connectivity index (χ3n) is 3.78. The molecule has 23 heavy (non-hydrogen) atoms. The van der Waals surface area contributed by atoms with Crippen LogP contribution in [0, 0.1) is 6.92 Å². The first-order valence-electron chi connectivity index (χ1n) is 7.95. The van der Waals surface area contributed by atoms with Gasteiger partial charge < -0.3 is 10.1 Å². The van der Waals surface area contributed by atoms with Gasteiger partial charge in [-0.25, -0.2) is 8.42 Å². The summed E-state index contributed by atoms with van der Waals surface area (Å²) >= 11 is 0. The van der Waals surface area contributed by atoms with Crippen LogP contribution < -0.4 is 10.1 Å². The Labute approximate surface area is 137 Å². The van der Waals surface area contributed by atoms with Gasteiger partial charge in [0.25, 0.3) is 5.91 Å². The minimum Gasteiger partial charge on any atom is -0.484 e. The number of benzene rings is 1. The summed E-state index contributed by atoms with van der Waals surface area (Å²) in [6, 6.07) is 4.76. The van der Waals surface area contributed by atoms with E-state index >= 15 is 0 Å². The Morgan fingerprint density at radius 1 is 1.30 bits per heavy atom. The molecule has 1 aliphatic heterocycles. The highest BCUT2D eigenvalue weighted by atomic mass is 32.2. The van der Waals surface area contributed by atoms with Gasteiger partial charge in [0.1, 0.15) is 5.75 Å². The quantitative estimate of drug-likeness (QED) is 0.819. The van der Waals surface area contributed by atoms with Crippen molar-refractivity contribution < 1.29 is 17.9 Å². The van der Waals surface area contributed by atoms with Crippen LogP contribution in [0.25, 0.3) is 0 Å². The molecule has 2 rings (SSSR count). The van der Waals surface area contributed by atoms with Gasteiger partial charge >= 0.3 is 0 Å². The highest BCUT2D eigenvalue weighted by molar-refractivity contribution is 7.89. The van der Waals surface area contributed by atoms with Crippen molar-refractivity contribution in [3.63, 3.8) is 0 Å². The van der Waals surface area contributed by atoms with Crippen molar-refractivity contribution in [2.45, 2.75) is 38.0 Å². The molecule has 1 aliphatic rings. The van der Waals surface area contributed by atoms with E-state index in [0.29, 0.717) is 30.9 Å². The van der Waals surface area contributed by atoms with Crippen LogP contribution >= 0.6 is 0 Å². The van der Waals surface area contributed by atoms with Gasteiger partial charge in [-0.15, -0.1) is 0 Å². The zero-order valence-corrected chi connectivity index (χ0v) is 14.5. The van der Waals surface area contributed by atoms with Crippen molar-refractivity contribution in [2.75, 3.05) is 26.2 Å². The minimum absolute atomic E-state index is 0.0704. The number of nitrogens with zero attached hydrogens (tertiary/aromatic N) is 1. The third kappa shape index (κ3) is 4.45. The summed E-state index contributed by atoms with van der Waals surface area (Å²) in [6.07, 6.45) is 2.69. The summed E-state index contributed by atoms with van der Waals surface area (Å²) in [4.78, 5) is 11.8. The molecule has 1 N–H and O–H groups in total. The average molecular weight is 340 g/mol.